The highest BCUT2D eigenvalue weighted by Crippen LogP contribution is 2.27. The number of pyridine rings is 1. The maximum absolute atomic E-state index is 11.9. The number of hydrogen-bond donors (Lipinski definition) is 1. The number of ether oxygens (including phenoxy) is 2. The van der Waals surface area contributed by atoms with Gasteiger partial charge in [-0.2, -0.15) is 0 Å². The van der Waals surface area contributed by atoms with E-state index in [2.05, 4.69) is 4.98 Å². The molecule has 0 saturated carbocycles. The van der Waals surface area contributed by atoms with Crippen LogP contribution in [0.3, 0.4) is 0 Å². The number of aliphatic hydroxyl groups excluding tert-OH is 1. The van der Waals surface area contributed by atoms with Crippen LogP contribution in [0.25, 0.3) is 0 Å². The summed E-state index contributed by atoms with van der Waals surface area (Å²) in [4.78, 5) is 29.1. The van der Waals surface area contributed by atoms with E-state index < -0.39 is 6.09 Å². The predicted molar refractivity (Wildman–Crippen MR) is 72.4 cm³/mol. The van der Waals surface area contributed by atoms with Gasteiger partial charge < -0.3 is 14.6 Å². The Hall–Kier alpha value is -2.15. The SMILES string of the molecule is O=C1COc2ccc(N3CC(CCCO)OC3=O)nc2C1. The summed E-state index contributed by atoms with van der Waals surface area (Å²) in [6.07, 6.45) is 0.741. The molecule has 0 aliphatic carbocycles. The van der Waals surface area contributed by atoms with E-state index in [0.29, 0.717) is 36.6 Å². The average molecular weight is 292 g/mol. The molecule has 1 aromatic heterocycles. The number of amides is 1. The minimum Gasteiger partial charge on any atom is -0.484 e. The van der Waals surface area contributed by atoms with E-state index in [-0.39, 0.29) is 31.5 Å². The fourth-order valence-corrected chi connectivity index (χ4v) is 2.46. The van der Waals surface area contributed by atoms with Gasteiger partial charge in [-0.15, -0.1) is 0 Å². The second kappa shape index (κ2) is 5.69. The van der Waals surface area contributed by atoms with E-state index in [0.717, 1.165) is 0 Å². The van der Waals surface area contributed by atoms with Gasteiger partial charge >= 0.3 is 6.09 Å². The van der Waals surface area contributed by atoms with E-state index in [4.69, 9.17) is 14.6 Å². The van der Waals surface area contributed by atoms with Crippen LogP contribution in [-0.4, -0.2) is 47.8 Å². The van der Waals surface area contributed by atoms with Gasteiger partial charge in [0.05, 0.1) is 18.7 Å². The third-order valence-electron chi connectivity index (χ3n) is 3.51. The van der Waals surface area contributed by atoms with Crippen LogP contribution in [-0.2, 0) is 16.0 Å². The molecular weight excluding hydrogens is 276 g/mol. The van der Waals surface area contributed by atoms with Crippen LogP contribution in [0.1, 0.15) is 18.5 Å². The Labute approximate surface area is 121 Å². The number of rotatable bonds is 4. The topological polar surface area (TPSA) is 89.0 Å². The van der Waals surface area contributed by atoms with Crippen molar-refractivity contribution < 1.29 is 24.2 Å². The van der Waals surface area contributed by atoms with Crippen LogP contribution in [0.2, 0.25) is 0 Å². The van der Waals surface area contributed by atoms with Gasteiger partial charge in [0, 0.05) is 6.61 Å². The quantitative estimate of drug-likeness (QED) is 0.878. The van der Waals surface area contributed by atoms with Crippen LogP contribution in [0.5, 0.6) is 5.75 Å². The number of ketones is 1. The van der Waals surface area contributed by atoms with Gasteiger partial charge in [-0.25, -0.2) is 9.78 Å². The molecular formula is C14H16N2O5. The number of nitrogens with zero attached hydrogens (tertiary/aromatic N) is 2. The Morgan fingerprint density at radius 1 is 1.38 bits per heavy atom. The molecule has 2 aliphatic rings. The first-order valence-corrected chi connectivity index (χ1v) is 6.91. The van der Waals surface area contributed by atoms with E-state index in [9.17, 15) is 9.59 Å². The molecule has 3 heterocycles. The first-order chi connectivity index (χ1) is 10.2. The Bertz CT molecular complexity index is 574. The van der Waals surface area contributed by atoms with Crippen LogP contribution < -0.4 is 9.64 Å². The number of cyclic esters (lactones) is 1. The number of aromatic nitrogens is 1. The second-order valence-corrected chi connectivity index (χ2v) is 5.10. The lowest BCUT2D eigenvalue weighted by molar-refractivity contribution is -0.121. The normalized spacial score (nSPS) is 21.0. The largest absolute Gasteiger partial charge is 0.484 e. The molecule has 1 unspecified atom stereocenters. The Morgan fingerprint density at radius 3 is 3.05 bits per heavy atom. The summed E-state index contributed by atoms with van der Waals surface area (Å²) in [7, 11) is 0. The molecule has 1 N–H and O–H groups in total. The molecule has 1 atom stereocenters. The van der Waals surface area contributed by atoms with Gasteiger partial charge in [0.25, 0.3) is 0 Å². The van der Waals surface area contributed by atoms with Crippen molar-refractivity contribution in [2.45, 2.75) is 25.4 Å². The maximum Gasteiger partial charge on any atom is 0.415 e. The number of anilines is 1. The van der Waals surface area contributed by atoms with Crippen molar-refractivity contribution in [2.75, 3.05) is 24.7 Å². The number of fused-ring (bicyclic) bond motifs is 1. The molecule has 0 radical (unpaired) electrons. The summed E-state index contributed by atoms with van der Waals surface area (Å²) in [5.74, 6) is 1.02. The summed E-state index contributed by atoms with van der Waals surface area (Å²) in [5.41, 5.74) is 0.551. The fourth-order valence-electron chi connectivity index (χ4n) is 2.46. The summed E-state index contributed by atoms with van der Waals surface area (Å²) >= 11 is 0. The first-order valence-electron chi connectivity index (χ1n) is 6.91. The molecule has 1 aromatic rings. The summed E-state index contributed by atoms with van der Waals surface area (Å²) < 4.78 is 10.5. The first kappa shape index (κ1) is 13.8. The number of Topliss-reactive ketones (excluding diaryl/α,β-unsaturated/α-hetero) is 1. The van der Waals surface area contributed by atoms with Crippen molar-refractivity contribution in [2.24, 2.45) is 0 Å². The third-order valence-corrected chi connectivity index (χ3v) is 3.51. The van der Waals surface area contributed by atoms with E-state index in [1.54, 1.807) is 12.1 Å². The number of carbonyl (C=O) groups is 2. The lowest BCUT2D eigenvalue weighted by Crippen LogP contribution is -2.27. The number of carbonyl (C=O) groups excluding carboxylic acids is 2. The van der Waals surface area contributed by atoms with Crippen molar-refractivity contribution >= 4 is 17.7 Å². The molecule has 2 aliphatic heterocycles. The van der Waals surface area contributed by atoms with Crippen molar-refractivity contribution in [3.8, 4) is 5.75 Å². The Morgan fingerprint density at radius 2 is 2.24 bits per heavy atom. The van der Waals surface area contributed by atoms with Crippen LogP contribution in [0, 0.1) is 0 Å². The van der Waals surface area contributed by atoms with Gasteiger partial charge in [-0.3, -0.25) is 9.69 Å². The fraction of sp³-hybridized carbons (Fsp3) is 0.500. The van der Waals surface area contributed by atoms with Gasteiger partial charge in [0.15, 0.2) is 5.78 Å². The van der Waals surface area contributed by atoms with Gasteiger partial charge in [0.2, 0.25) is 0 Å². The zero-order chi connectivity index (χ0) is 14.8. The maximum atomic E-state index is 11.9. The standard InChI is InChI=1S/C14H16N2O5/c17-5-1-2-10-7-16(14(19)21-10)13-4-3-12-11(15-13)6-9(18)8-20-12/h3-4,10,17H,1-2,5-8H2. The van der Waals surface area contributed by atoms with Crippen molar-refractivity contribution in [1.29, 1.82) is 0 Å². The van der Waals surface area contributed by atoms with Crippen molar-refractivity contribution in [3.05, 3.63) is 17.8 Å². The highest BCUT2D eigenvalue weighted by Gasteiger charge is 2.33. The molecule has 0 aromatic carbocycles. The van der Waals surface area contributed by atoms with Gasteiger partial charge in [-0.05, 0) is 25.0 Å². The lowest BCUT2D eigenvalue weighted by atomic mass is 10.1. The molecule has 7 nitrogen and oxygen atoms in total. The van der Waals surface area contributed by atoms with Crippen molar-refractivity contribution in [1.82, 2.24) is 4.98 Å². The summed E-state index contributed by atoms with van der Waals surface area (Å²) in [5, 5.41) is 8.82. The zero-order valence-corrected chi connectivity index (χ0v) is 11.4. The molecule has 0 bridgehead atoms. The molecule has 21 heavy (non-hydrogen) atoms. The highest BCUT2D eigenvalue weighted by atomic mass is 16.6. The van der Waals surface area contributed by atoms with Crippen LogP contribution >= 0.6 is 0 Å². The minimum atomic E-state index is -0.451. The second-order valence-electron chi connectivity index (χ2n) is 5.10. The molecule has 1 amide bonds. The Balaban J connectivity index is 1.76. The average Bonchev–Trinajstić information content (AvgIpc) is 2.85. The van der Waals surface area contributed by atoms with Gasteiger partial charge in [0.1, 0.15) is 24.3 Å². The predicted octanol–water partition coefficient (Wildman–Crippen LogP) is 0.683. The molecule has 1 saturated heterocycles. The highest BCUT2D eigenvalue weighted by molar-refractivity contribution is 5.89. The van der Waals surface area contributed by atoms with E-state index >= 15 is 0 Å². The smallest absolute Gasteiger partial charge is 0.415 e. The monoisotopic (exact) mass is 292 g/mol. The molecule has 0 spiro atoms. The van der Waals surface area contributed by atoms with Crippen LogP contribution in [0.15, 0.2) is 12.1 Å². The molecule has 1 fully saturated rings. The zero-order valence-electron chi connectivity index (χ0n) is 11.4. The number of aliphatic hydroxyl groups is 1. The molecule has 112 valence electrons. The van der Waals surface area contributed by atoms with E-state index in [1.165, 1.54) is 4.90 Å². The number of hydrogen-bond acceptors (Lipinski definition) is 6. The summed E-state index contributed by atoms with van der Waals surface area (Å²) in [6, 6.07) is 3.41. The molecule has 7 heteroatoms. The lowest BCUT2D eigenvalue weighted by Gasteiger charge is -2.18. The molecule has 3 rings (SSSR count). The van der Waals surface area contributed by atoms with E-state index in [1.807, 2.05) is 0 Å². The Kier molecular flexibility index (Phi) is 3.74. The van der Waals surface area contributed by atoms with Crippen LogP contribution in [0.4, 0.5) is 10.6 Å². The minimum absolute atomic E-state index is 0.0306. The third kappa shape index (κ3) is 2.82. The summed E-state index contributed by atoms with van der Waals surface area (Å²) in [6.45, 7) is 0.549. The van der Waals surface area contributed by atoms with Crippen molar-refractivity contribution in [3.63, 3.8) is 0 Å². The van der Waals surface area contributed by atoms with Gasteiger partial charge in [-0.1, -0.05) is 0 Å².